The molecule has 0 spiro atoms. The molecule has 554 valence electrons. The molecule has 6 heterocycles. The van der Waals surface area contributed by atoms with E-state index < -0.39 is 183 Å². The minimum absolute atomic E-state index is 0.0412. The normalized spacial score (nSPS) is 38.5. The summed E-state index contributed by atoms with van der Waals surface area (Å²) in [6.45, 7) is 15.3. The van der Waals surface area contributed by atoms with Crippen LogP contribution in [0.5, 0.6) is 0 Å². The van der Waals surface area contributed by atoms with Gasteiger partial charge in [0.25, 0.3) is 0 Å². The lowest BCUT2D eigenvalue weighted by atomic mass is 9.95. The predicted molar refractivity (Wildman–Crippen MR) is 350 cm³/mol. The Labute approximate surface area is 573 Å². The van der Waals surface area contributed by atoms with E-state index in [0.717, 1.165) is 102 Å². The van der Waals surface area contributed by atoms with Gasteiger partial charge < -0.3 is 102 Å². The number of carbonyl (C=O) groups excluding carboxylic acids is 4. The Bertz CT molecular complexity index is 2490. The van der Waals surface area contributed by atoms with Crippen LogP contribution in [-0.4, -0.2) is 219 Å². The van der Waals surface area contributed by atoms with Gasteiger partial charge in [0.1, 0.15) is 67.1 Å². The van der Waals surface area contributed by atoms with Gasteiger partial charge in [0.2, 0.25) is 0 Å². The molecule has 6 saturated heterocycles. The summed E-state index contributed by atoms with van der Waals surface area (Å²) >= 11 is 0. The number of benzene rings is 1. The summed E-state index contributed by atoms with van der Waals surface area (Å²) < 4.78 is 89.8. The van der Waals surface area contributed by atoms with Gasteiger partial charge in [-0.1, -0.05) is 167 Å². The zero-order chi connectivity index (χ0) is 70.3. The van der Waals surface area contributed by atoms with E-state index in [1.54, 1.807) is 51.1 Å². The maximum atomic E-state index is 14.4. The number of hydrogen-bond donors (Lipinski definition) is 7. The fraction of sp³-hybridized carbons (Fsp3) is 0.833. The predicted octanol–water partition coefficient (Wildman–Crippen LogP) is 7.60. The Hall–Kier alpha value is -3.84. The van der Waals surface area contributed by atoms with Crippen molar-refractivity contribution < 1.29 is 121 Å². The summed E-state index contributed by atoms with van der Waals surface area (Å²) in [5.74, 6) is -3.87. The number of hydrogen-bond acceptors (Lipinski definition) is 25. The first-order chi connectivity index (χ1) is 46.5. The van der Waals surface area contributed by atoms with Gasteiger partial charge in [0.05, 0.1) is 42.5 Å². The first kappa shape index (κ1) is 80.5. The zero-order valence-corrected chi connectivity index (χ0v) is 58.6. The van der Waals surface area contributed by atoms with E-state index >= 15 is 0 Å². The van der Waals surface area contributed by atoms with Crippen LogP contribution in [0, 0.1) is 5.92 Å². The van der Waals surface area contributed by atoms with Crippen LogP contribution in [0.1, 0.15) is 222 Å². The van der Waals surface area contributed by atoms with Gasteiger partial charge in [-0.25, -0.2) is 4.79 Å². The van der Waals surface area contributed by atoms with Gasteiger partial charge >= 0.3 is 23.9 Å². The number of rotatable bonds is 27. The summed E-state index contributed by atoms with van der Waals surface area (Å²) in [5.41, 5.74) is 0.648. The number of carbonyl (C=O) groups is 4. The highest BCUT2D eigenvalue weighted by Gasteiger charge is 2.59. The van der Waals surface area contributed by atoms with Gasteiger partial charge in [0.15, 0.2) is 55.9 Å². The molecular formula is C72H116O25. The van der Waals surface area contributed by atoms with Crippen LogP contribution in [0.4, 0.5) is 0 Å². The highest BCUT2D eigenvalue weighted by molar-refractivity contribution is 5.87. The molecule has 7 N–H and O–H groups in total. The van der Waals surface area contributed by atoms with Gasteiger partial charge in [0, 0.05) is 18.9 Å². The molecule has 0 unspecified atom stereocenters. The lowest BCUT2D eigenvalue weighted by molar-refractivity contribution is -0.399. The molecule has 7 rings (SSSR count). The Kier molecular flexibility index (Phi) is 33.8. The first-order valence-electron chi connectivity index (χ1n) is 36.4. The van der Waals surface area contributed by atoms with Crippen LogP contribution in [0.3, 0.4) is 0 Å². The molecule has 6 fully saturated rings. The van der Waals surface area contributed by atoms with E-state index in [2.05, 4.69) is 13.8 Å². The minimum atomic E-state index is -1.95. The number of ether oxygens (including phenoxy) is 14. The standard InChI is InChI=1S/C72H116O25/c1-10-13-15-16-17-18-21-24-31-37-49(73)90-59-44(7)86-70(63(57(59)81)92-51(75)40-39-47-33-28-26-29-34-47)95-61-46(9)88-72(66(93-67(83)41(4)12-3)65(61)97-68-56(80)54(78)52(76)42(5)84-68)94-60-45(8)87-71-64(58(60)82)91-50(74)38-32-25-22-19-20-23-30-36-48(35-27-14-11-2)89-69-62(96-71)55(79)53(77)43(6)85-69/h26,28-29,33-34,39-46,48,52-66,68-72,76-82H,10-25,27,30-32,35-38H2,1-9H3/t41-,42+,43-,44+,45+,46+,48+,52+,53+,54-,55+,56-,57-,58-,59+,60+,61+,62-,63-,64-,65-,66-,68-,69+,70+,71+,72+/m1/s1. The smallest absolute Gasteiger partial charge is 0.331 e. The summed E-state index contributed by atoms with van der Waals surface area (Å²) in [7, 11) is 0. The number of aliphatic hydroxyl groups is 7. The third kappa shape index (κ3) is 23.3. The van der Waals surface area contributed by atoms with Crippen LogP contribution < -0.4 is 0 Å². The van der Waals surface area contributed by atoms with Crippen LogP contribution >= 0.6 is 0 Å². The molecule has 25 heteroatoms. The number of fused-ring (bicyclic) bond motifs is 2. The molecule has 0 saturated carbocycles. The second kappa shape index (κ2) is 40.7. The third-order valence-electron chi connectivity index (χ3n) is 19.6. The fourth-order valence-corrected chi connectivity index (χ4v) is 13.3. The number of unbranched alkanes of at least 4 members (excludes halogenated alkanes) is 10. The molecule has 0 amide bonds. The minimum Gasteiger partial charge on any atom is -0.457 e. The van der Waals surface area contributed by atoms with Gasteiger partial charge in [-0.05, 0) is 78.4 Å². The molecule has 1 aromatic carbocycles. The van der Waals surface area contributed by atoms with E-state index in [1.807, 2.05) is 0 Å². The van der Waals surface area contributed by atoms with Crippen molar-refractivity contribution in [1.82, 2.24) is 0 Å². The number of aliphatic hydroxyl groups excluding tert-OH is 7. The maximum Gasteiger partial charge on any atom is 0.331 e. The van der Waals surface area contributed by atoms with Crippen LogP contribution in [0.2, 0.25) is 0 Å². The molecule has 27 atom stereocenters. The highest BCUT2D eigenvalue weighted by atomic mass is 16.8. The second-order valence-electron chi connectivity index (χ2n) is 27.5. The van der Waals surface area contributed by atoms with Gasteiger partial charge in [-0.15, -0.1) is 0 Å². The summed E-state index contributed by atoms with van der Waals surface area (Å²) in [6, 6.07) is 8.87. The molecule has 0 radical (unpaired) electrons. The molecule has 6 aliphatic rings. The summed E-state index contributed by atoms with van der Waals surface area (Å²) in [6.07, 6.45) is -17.1. The average molecular weight is 1380 g/mol. The van der Waals surface area contributed by atoms with Gasteiger partial charge in [-0.3, -0.25) is 14.4 Å². The zero-order valence-electron chi connectivity index (χ0n) is 58.6. The average Bonchev–Trinajstić information content (AvgIpc) is 0.775. The van der Waals surface area contributed by atoms with Crippen molar-refractivity contribution in [2.45, 2.75) is 376 Å². The van der Waals surface area contributed by atoms with E-state index in [-0.39, 0.29) is 25.4 Å². The lowest BCUT2D eigenvalue weighted by Crippen LogP contribution is -2.68. The van der Waals surface area contributed by atoms with Crippen LogP contribution in [0.25, 0.3) is 6.08 Å². The van der Waals surface area contributed by atoms with Crippen molar-refractivity contribution in [3.63, 3.8) is 0 Å². The second-order valence-corrected chi connectivity index (χ2v) is 27.5. The fourth-order valence-electron chi connectivity index (χ4n) is 13.3. The lowest BCUT2D eigenvalue weighted by Gasteiger charge is -2.51. The largest absolute Gasteiger partial charge is 0.457 e. The topological polar surface area (TPSA) is 339 Å². The SMILES string of the molecule is CCCCCCCCCCCC(=O)O[C@@H]1[C@@H](O)[C@@H](OC(=O)C=Cc2ccccc2)[C@H](O[C@@H]2[C@@H](O[C@H]3O[C@@H](C)[C@H](O)[C@@H](O)[C@H]3O)[C@@H](OC(=O)[C@H](C)CC)[C@H](O[C@@H]3[C@@H](O)[C@H]4OC(=O)CCCCCCCCC[C@H](CCCCC)O[C@@H]5O[C@H](C)[C@H](O)[C@H](O)[C@H]5O[C@@H]4O[C@H]3C)O[C@H]2C)O[C@H]1C. The third-order valence-corrected chi connectivity index (χ3v) is 19.6. The van der Waals surface area contributed by atoms with Crippen molar-refractivity contribution in [3.8, 4) is 0 Å². The monoisotopic (exact) mass is 1380 g/mol. The van der Waals surface area contributed by atoms with Crippen LogP contribution in [0.15, 0.2) is 36.4 Å². The molecule has 97 heavy (non-hydrogen) atoms. The Morgan fingerprint density at radius 2 is 1.04 bits per heavy atom. The van der Waals surface area contributed by atoms with Crippen molar-refractivity contribution >= 4 is 30.0 Å². The molecule has 0 bridgehead atoms. The van der Waals surface area contributed by atoms with E-state index in [9.17, 15) is 54.9 Å². The molecule has 25 nitrogen and oxygen atoms in total. The quantitative estimate of drug-likeness (QED) is 0.0193. The number of esters is 4. The van der Waals surface area contributed by atoms with E-state index in [1.165, 1.54) is 46.6 Å². The molecule has 1 aromatic rings. The summed E-state index contributed by atoms with van der Waals surface area (Å²) in [5, 5.41) is 81.9. The van der Waals surface area contributed by atoms with E-state index in [0.29, 0.717) is 31.2 Å². The molecule has 0 aromatic heterocycles. The molecule has 6 aliphatic heterocycles. The highest BCUT2D eigenvalue weighted by Crippen LogP contribution is 2.40. The summed E-state index contributed by atoms with van der Waals surface area (Å²) in [4.78, 5) is 55.9. The van der Waals surface area contributed by atoms with E-state index in [4.69, 9.17) is 66.3 Å². The van der Waals surface area contributed by atoms with Crippen molar-refractivity contribution in [3.05, 3.63) is 42.0 Å². The van der Waals surface area contributed by atoms with Crippen molar-refractivity contribution in [1.29, 1.82) is 0 Å². The molecule has 0 aliphatic carbocycles. The Balaban J connectivity index is 1.22. The first-order valence-corrected chi connectivity index (χ1v) is 36.4. The Morgan fingerprint density at radius 3 is 1.72 bits per heavy atom. The maximum absolute atomic E-state index is 14.4. The molecular weight excluding hydrogens is 1260 g/mol. The van der Waals surface area contributed by atoms with Crippen LogP contribution in [-0.2, 0) is 85.5 Å². The Morgan fingerprint density at radius 1 is 0.495 bits per heavy atom. The van der Waals surface area contributed by atoms with Gasteiger partial charge in [-0.2, -0.15) is 0 Å². The van der Waals surface area contributed by atoms with Crippen molar-refractivity contribution in [2.75, 3.05) is 0 Å². The van der Waals surface area contributed by atoms with Crippen molar-refractivity contribution in [2.24, 2.45) is 5.92 Å².